The van der Waals surface area contributed by atoms with Crippen molar-refractivity contribution in [1.29, 1.82) is 0 Å². The van der Waals surface area contributed by atoms with Gasteiger partial charge in [0.25, 0.3) is 11.1 Å². The summed E-state index contributed by atoms with van der Waals surface area (Å²) >= 11 is 1.40. The van der Waals surface area contributed by atoms with Gasteiger partial charge in [0.2, 0.25) is 0 Å². The molecular formula is C23H23N3O4S. The fourth-order valence-electron chi connectivity index (χ4n) is 4.11. The second kappa shape index (κ2) is 7.94. The maximum atomic E-state index is 13.0. The maximum absolute atomic E-state index is 13.0. The number of aromatic amines is 1. The summed E-state index contributed by atoms with van der Waals surface area (Å²) in [5, 5.41) is 10.3. The highest BCUT2D eigenvalue weighted by atomic mass is 32.1. The number of nitrogens with one attached hydrogen (secondary N) is 1. The fraction of sp³-hybridized carbons (Fsp3) is 0.348. The van der Waals surface area contributed by atoms with Crippen LogP contribution < -0.4 is 11.1 Å². The van der Waals surface area contributed by atoms with Gasteiger partial charge < -0.3 is 14.8 Å². The van der Waals surface area contributed by atoms with Crippen LogP contribution in [0.25, 0.3) is 33.2 Å². The van der Waals surface area contributed by atoms with Gasteiger partial charge in [-0.2, -0.15) is 0 Å². The van der Waals surface area contributed by atoms with E-state index in [-0.39, 0.29) is 35.4 Å². The first-order chi connectivity index (χ1) is 15.1. The molecule has 4 bridgehead atoms. The lowest BCUT2D eigenvalue weighted by Gasteiger charge is -2.15. The molecule has 1 aromatic carbocycles. The number of fused-ring (bicyclic) bond motifs is 3. The van der Waals surface area contributed by atoms with Crippen LogP contribution in [0.1, 0.15) is 43.6 Å². The van der Waals surface area contributed by atoms with Crippen molar-refractivity contribution < 1.29 is 9.84 Å². The number of hydrogen-bond acceptors (Lipinski definition) is 6. The molecule has 3 heterocycles. The summed E-state index contributed by atoms with van der Waals surface area (Å²) < 4.78 is 8.65. The Bertz CT molecular complexity index is 1330. The van der Waals surface area contributed by atoms with Crippen molar-refractivity contribution in [3.8, 4) is 11.3 Å². The van der Waals surface area contributed by atoms with Crippen LogP contribution in [-0.2, 0) is 4.74 Å². The first-order valence-electron chi connectivity index (χ1n) is 10.5. The summed E-state index contributed by atoms with van der Waals surface area (Å²) in [6.07, 6.45) is 8.05. The summed E-state index contributed by atoms with van der Waals surface area (Å²) in [4.78, 5) is 33.7. The van der Waals surface area contributed by atoms with Gasteiger partial charge in [-0.05, 0) is 44.4 Å². The van der Waals surface area contributed by atoms with Gasteiger partial charge in [-0.3, -0.25) is 13.5 Å². The third kappa shape index (κ3) is 3.45. The molecule has 8 heteroatoms. The highest BCUT2D eigenvalue weighted by molar-refractivity contribution is 7.14. The largest absolute Gasteiger partial charge is 0.492 e. The van der Waals surface area contributed by atoms with Crippen molar-refractivity contribution >= 4 is 33.5 Å². The number of hydrogen-bond donors (Lipinski definition) is 2. The number of H-pyrrole nitrogens is 1. The summed E-state index contributed by atoms with van der Waals surface area (Å²) in [5.74, 6) is 0.331. The number of aliphatic hydroxyl groups excluding tert-OH is 1. The van der Waals surface area contributed by atoms with E-state index in [1.807, 2.05) is 25.1 Å². The zero-order valence-electron chi connectivity index (χ0n) is 17.1. The smallest absolute Gasteiger partial charge is 0.275 e. The molecular weight excluding hydrogens is 414 g/mol. The molecule has 2 aliphatic rings. The number of aliphatic hydroxyl groups is 1. The molecule has 0 spiro atoms. The lowest BCUT2D eigenvalue weighted by Crippen LogP contribution is -2.17. The normalized spacial score (nSPS) is 20.8. The minimum atomic E-state index is -0.328. The van der Waals surface area contributed by atoms with E-state index in [1.54, 1.807) is 22.2 Å². The predicted molar refractivity (Wildman–Crippen MR) is 122 cm³/mol. The van der Waals surface area contributed by atoms with Crippen molar-refractivity contribution in [2.24, 2.45) is 5.92 Å². The van der Waals surface area contributed by atoms with Gasteiger partial charge in [0.05, 0.1) is 29.0 Å². The first kappa shape index (κ1) is 20.0. The molecule has 31 heavy (non-hydrogen) atoms. The second-order valence-corrected chi connectivity index (χ2v) is 9.00. The summed E-state index contributed by atoms with van der Waals surface area (Å²) in [7, 11) is 0. The molecule has 0 amide bonds. The Labute approximate surface area is 182 Å². The number of aromatic nitrogens is 3. The summed E-state index contributed by atoms with van der Waals surface area (Å²) in [5.41, 5.74) is 1.63. The Morgan fingerprint density at radius 1 is 1.29 bits per heavy atom. The van der Waals surface area contributed by atoms with E-state index >= 15 is 0 Å². The number of ether oxygens (including phenoxy) is 1. The van der Waals surface area contributed by atoms with Crippen molar-refractivity contribution in [3.05, 3.63) is 62.4 Å². The maximum Gasteiger partial charge on any atom is 0.275 e. The third-order valence-corrected chi connectivity index (χ3v) is 7.17. The van der Waals surface area contributed by atoms with Crippen LogP contribution in [0.15, 0.2) is 39.9 Å². The number of nitrogens with zero attached hydrogens (tertiary/aromatic N) is 2. The zero-order chi connectivity index (χ0) is 21.5. The van der Waals surface area contributed by atoms with Crippen LogP contribution in [0.5, 0.6) is 0 Å². The Morgan fingerprint density at radius 3 is 3.00 bits per heavy atom. The zero-order valence-corrected chi connectivity index (χ0v) is 17.9. The monoisotopic (exact) mass is 437 g/mol. The van der Waals surface area contributed by atoms with Gasteiger partial charge in [-0.15, -0.1) is 0 Å². The van der Waals surface area contributed by atoms with Crippen LogP contribution >= 0.6 is 11.5 Å². The van der Waals surface area contributed by atoms with E-state index in [0.29, 0.717) is 34.7 Å². The average molecular weight is 438 g/mol. The molecule has 1 aliphatic carbocycles. The Kier molecular flexibility index (Phi) is 5.11. The molecule has 2 atom stereocenters. The quantitative estimate of drug-likeness (QED) is 0.607. The fourth-order valence-corrected chi connectivity index (χ4v) is 5.29. The third-order valence-electron chi connectivity index (χ3n) is 5.83. The van der Waals surface area contributed by atoms with Crippen molar-refractivity contribution in [3.63, 3.8) is 0 Å². The highest BCUT2D eigenvalue weighted by Gasteiger charge is 2.23. The molecule has 2 unspecified atom stereocenters. The Hall–Kier alpha value is -2.97. The van der Waals surface area contributed by atoms with Crippen LogP contribution in [0.2, 0.25) is 0 Å². The lowest BCUT2D eigenvalue weighted by atomic mass is 10.1. The van der Waals surface area contributed by atoms with E-state index in [0.717, 1.165) is 24.0 Å². The average Bonchev–Trinajstić information content (AvgIpc) is 3.01. The predicted octanol–water partition coefficient (Wildman–Crippen LogP) is 3.55. The molecule has 0 radical (unpaired) electrons. The molecule has 7 nitrogen and oxygen atoms in total. The SMILES string of the molecule is CC1CCCCOC2=CC(CO)C=Cc3[nH]c(=O)c(nc32)-c2cccc3c(=O)n1sc23. The van der Waals surface area contributed by atoms with E-state index in [4.69, 9.17) is 9.72 Å². The molecule has 5 rings (SSSR count). The molecule has 0 saturated heterocycles. The highest BCUT2D eigenvalue weighted by Crippen LogP contribution is 2.32. The van der Waals surface area contributed by atoms with E-state index in [9.17, 15) is 14.7 Å². The van der Waals surface area contributed by atoms with Gasteiger partial charge in [0.1, 0.15) is 17.1 Å². The second-order valence-electron chi connectivity index (χ2n) is 8.01. The lowest BCUT2D eigenvalue weighted by molar-refractivity contribution is 0.252. The molecule has 3 aromatic rings. The molecule has 160 valence electrons. The van der Waals surface area contributed by atoms with Gasteiger partial charge in [-0.25, -0.2) is 4.98 Å². The molecule has 1 aliphatic heterocycles. The standard InChI is InChI=1S/C23H23N3O4S/c1-13-5-2-3-10-30-18-11-14(12-27)8-9-17-20(18)25-19(22(28)24-17)15-6-4-7-16-21(15)31-26(13)23(16)29/h4,6-9,11,13-14,27H,2-3,5,10,12H2,1H3,(H,24,28). The minimum absolute atomic E-state index is 0.0269. The summed E-state index contributed by atoms with van der Waals surface area (Å²) in [6.45, 7) is 2.48. The van der Waals surface area contributed by atoms with Gasteiger partial charge in [0.15, 0.2) is 0 Å². The minimum Gasteiger partial charge on any atom is -0.492 e. The van der Waals surface area contributed by atoms with Gasteiger partial charge in [-0.1, -0.05) is 29.7 Å². The van der Waals surface area contributed by atoms with E-state index < -0.39 is 0 Å². The summed E-state index contributed by atoms with van der Waals surface area (Å²) in [6, 6.07) is 5.49. The van der Waals surface area contributed by atoms with Crippen LogP contribution in [0, 0.1) is 5.92 Å². The van der Waals surface area contributed by atoms with E-state index in [2.05, 4.69) is 4.98 Å². The molecule has 2 aromatic heterocycles. The van der Waals surface area contributed by atoms with Gasteiger partial charge in [0, 0.05) is 17.5 Å². The van der Waals surface area contributed by atoms with Gasteiger partial charge >= 0.3 is 0 Å². The van der Waals surface area contributed by atoms with E-state index in [1.165, 1.54) is 11.5 Å². The van der Waals surface area contributed by atoms with Crippen molar-refractivity contribution in [2.45, 2.75) is 32.2 Å². The molecule has 0 saturated carbocycles. The van der Waals surface area contributed by atoms with Crippen LogP contribution in [0.3, 0.4) is 0 Å². The number of rotatable bonds is 1. The number of benzene rings is 1. The Morgan fingerprint density at radius 2 is 2.16 bits per heavy atom. The Balaban J connectivity index is 1.80. The van der Waals surface area contributed by atoms with Crippen molar-refractivity contribution in [2.75, 3.05) is 13.2 Å². The van der Waals surface area contributed by atoms with Crippen LogP contribution in [0.4, 0.5) is 0 Å². The first-order valence-corrected chi connectivity index (χ1v) is 11.3. The topological polar surface area (TPSA) is 97.2 Å². The molecule has 0 fully saturated rings. The molecule has 2 N–H and O–H groups in total. The van der Waals surface area contributed by atoms with Crippen LogP contribution in [-0.4, -0.2) is 32.2 Å². The van der Waals surface area contributed by atoms with Crippen molar-refractivity contribution in [1.82, 2.24) is 13.9 Å².